The van der Waals surface area contributed by atoms with Gasteiger partial charge in [-0.3, -0.25) is 14.4 Å². The van der Waals surface area contributed by atoms with Crippen molar-refractivity contribution in [2.24, 2.45) is 0 Å². The predicted molar refractivity (Wildman–Crippen MR) is 111 cm³/mol. The molecule has 1 fully saturated rings. The van der Waals surface area contributed by atoms with Crippen LogP contribution in [0.3, 0.4) is 0 Å². The zero-order valence-electron chi connectivity index (χ0n) is 17.0. The Bertz CT molecular complexity index is 878. The summed E-state index contributed by atoms with van der Waals surface area (Å²) in [6, 6.07) is 14.9. The summed E-state index contributed by atoms with van der Waals surface area (Å²) in [4.78, 5) is 40.3. The summed E-state index contributed by atoms with van der Waals surface area (Å²) >= 11 is 0. The Hall–Kier alpha value is -3.22. The maximum atomic E-state index is 13.0. The lowest BCUT2D eigenvalue weighted by Gasteiger charge is -2.35. The fourth-order valence-electron chi connectivity index (χ4n) is 3.58. The molecule has 0 saturated carbocycles. The number of carbonyl (C=O) groups excluding carboxylic acids is 3. The number of piperazine rings is 1. The van der Waals surface area contributed by atoms with Crippen LogP contribution in [0, 0.1) is 5.82 Å². The molecular formula is C23H26FN3O3. The lowest BCUT2D eigenvalue weighted by Crippen LogP contribution is -2.51. The summed E-state index contributed by atoms with van der Waals surface area (Å²) in [6.07, 6.45) is 0.389. The van der Waals surface area contributed by atoms with E-state index in [1.807, 2.05) is 30.3 Å². The highest BCUT2D eigenvalue weighted by Gasteiger charge is 2.26. The molecule has 7 heteroatoms. The molecule has 6 nitrogen and oxygen atoms in total. The SMILES string of the molecule is CC(=O)NC(CC(=O)N1CCN(C(=O)Cc2ccc(F)cc2)CC1)c1ccccc1. The van der Waals surface area contributed by atoms with Crippen LogP contribution >= 0.6 is 0 Å². The Labute approximate surface area is 175 Å². The van der Waals surface area contributed by atoms with E-state index in [4.69, 9.17) is 0 Å². The van der Waals surface area contributed by atoms with E-state index in [9.17, 15) is 18.8 Å². The molecule has 30 heavy (non-hydrogen) atoms. The molecule has 1 N–H and O–H groups in total. The number of hydrogen-bond acceptors (Lipinski definition) is 3. The van der Waals surface area contributed by atoms with E-state index in [0.717, 1.165) is 11.1 Å². The van der Waals surface area contributed by atoms with E-state index in [2.05, 4.69) is 5.32 Å². The standard InChI is InChI=1S/C23H26FN3O3/c1-17(28)25-21(19-5-3-2-4-6-19)16-23(30)27-13-11-26(12-14-27)22(29)15-18-7-9-20(24)10-8-18/h2-10,21H,11-16H2,1H3,(H,25,28). The molecule has 2 aromatic carbocycles. The number of nitrogens with zero attached hydrogens (tertiary/aromatic N) is 2. The Kier molecular flexibility index (Phi) is 7.17. The van der Waals surface area contributed by atoms with Gasteiger partial charge < -0.3 is 15.1 Å². The first kappa shape index (κ1) is 21.5. The van der Waals surface area contributed by atoms with Crippen molar-refractivity contribution in [2.45, 2.75) is 25.8 Å². The van der Waals surface area contributed by atoms with E-state index in [0.29, 0.717) is 26.2 Å². The summed E-state index contributed by atoms with van der Waals surface area (Å²) in [5.74, 6) is -0.600. The average Bonchev–Trinajstić information content (AvgIpc) is 2.75. The van der Waals surface area contributed by atoms with Crippen molar-refractivity contribution in [1.82, 2.24) is 15.1 Å². The Morgan fingerprint density at radius 2 is 1.47 bits per heavy atom. The fraction of sp³-hybridized carbons (Fsp3) is 0.348. The summed E-state index contributed by atoms with van der Waals surface area (Å²) in [5, 5.41) is 2.85. The molecule has 0 radical (unpaired) electrons. The minimum absolute atomic E-state index is 0.0332. The van der Waals surface area contributed by atoms with Crippen LogP contribution in [0.1, 0.15) is 30.5 Å². The minimum atomic E-state index is -0.380. The van der Waals surface area contributed by atoms with Crippen molar-refractivity contribution in [1.29, 1.82) is 0 Å². The van der Waals surface area contributed by atoms with E-state index >= 15 is 0 Å². The number of hydrogen-bond donors (Lipinski definition) is 1. The number of benzene rings is 2. The molecule has 1 aliphatic heterocycles. The second-order valence-corrected chi connectivity index (χ2v) is 7.43. The molecule has 0 spiro atoms. The zero-order chi connectivity index (χ0) is 21.5. The molecule has 3 amide bonds. The molecule has 1 atom stereocenters. The summed E-state index contributed by atoms with van der Waals surface area (Å²) in [5.41, 5.74) is 1.65. The molecule has 0 aliphatic carbocycles. The highest BCUT2D eigenvalue weighted by molar-refractivity contribution is 5.81. The third-order valence-corrected chi connectivity index (χ3v) is 5.21. The van der Waals surface area contributed by atoms with Gasteiger partial charge in [0.2, 0.25) is 17.7 Å². The molecule has 2 aromatic rings. The lowest BCUT2D eigenvalue weighted by atomic mass is 10.0. The number of carbonyl (C=O) groups is 3. The maximum Gasteiger partial charge on any atom is 0.227 e. The predicted octanol–water partition coefficient (Wildman–Crippen LogP) is 2.31. The van der Waals surface area contributed by atoms with Crippen LogP contribution in [-0.4, -0.2) is 53.7 Å². The van der Waals surface area contributed by atoms with Crippen LogP contribution in [0.2, 0.25) is 0 Å². The van der Waals surface area contributed by atoms with Gasteiger partial charge in [0, 0.05) is 33.1 Å². The minimum Gasteiger partial charge on any atom is -0.349 e. The van der Waals surface area contributed by atoms with Crippen molar-refractivity contribution in [3.05, 3.63) is 71.5 Å². The summed E-state index contributed by atoms with van der Waals surface area (Å²) in [7, 11) is 0. The van der Waals surface area contributed by atoms with Gasteiger partial charge in [-0.25, -0.2) is 4.39 Å². The van der Waals surface area contributed by atoms with Crippen LogP contribution in [0.25, 0.3) is 0 Å². The Balaban J connectivity index is 1.53. The Morgan fingerprint density at radius 3 is 2.03 bits per heavy atom. The van der Waals surface area contributed by atoms with E-state index in [1.54, 1.807) is 21.9 Å². The maximum absolute atomic E-state index is 13.0. The van der Waals surface area contributed by atoms with Crippen LogP contribution < -0.4 is 5.32 Å². The largest absolute Gasteiger partial charge is 0.349 e. The molecular weight excluding hydrogens is 385 g/mol. The second-order valence-electron chi connectivity index (χ2n) is 7.43. The highest BCUT2D eigenvalue weighted by Crippen LogP contribution is 2.19. The molecule has 1 aliphatic rings. The van der Waals surface area contributed by atoms with E-state index < -0.39 is 0 Å². The van der Waals surface area contributed by atoms with Gasteiger partial charge in [0.1, 0.15) is 5.82 Å². The van der Waals surface area contributed by atoms with Crippen LogP contribution in [-0.2, 0) is 20.8 Å². The zero-order valence-corrected chi connectivity index (χ0v) is 17.0. The van der Waals surface area contributed by atoms with E-state index in [-0.39, 0.29) is 42.4 Å². The lowest BCUT2D eigenvalue weighted by molar-refractivity contribution is -0.139. The van der Waals surface area contributed by atoms with Gasteiger partial charge >= 0.3 is 0 Å². The molecule has 1 saturated heterocycles. The molecule has 3 rings (SSSR count). The van der Waals surface area contributed by atoms with Gasteiger partial charge in [-0.1, -0.05) is 42.5 Å². The molecule has 0 aromatic heterocycles. The van der Waals surface area contributed by atoms with Crippen molar-refractivity contribution >= 4 is 17.7 Å². The van der Waals surface area contributed by atoms with E-state index in [1.165, 1.54) is 19.1 Å². The summed E-state index contributed by atoms with van der Waals surface area (Å²) < 4.78 is 13.0. The molecule has 158 valence electrons. The quantitative estimate of drug-likeness (QED) is 0.793. The highest BCUT2D eigenvalue weighted by atomic mass is 19.1. The van der Waals surface area contributed by atoms with Gasteiger partial charge in [0.05, 0.1) is 18.9 Å². The fourth-order valence-corrected chi connectivity index (χ4v) is 3.58. The van der Waals surface area contributed by atoms with Gasteiger partial charge in [0.25, 0.3) is 0 Å². The van der Waals surface area contributed by atoms with Crippen molar-refractivity contribution in [3.63, 3.8) is 0 Å². The topological polar surface area (TPSA) is 69.7 Å². The summed E-state index contributed by atoms with van der Waals surface area (Å²) in [6.45, 7) is 3.26. The van der Waals surface area contributed by atoms with Crippen molar-refractivity contribution in [2.75, 3.05) is 26.2 Å². The monoisotopic (exact) mass is 411 g/mol. The third kappa shape index (κ3) is 5.89. The Morgan fingerprint density at radius 1 is 0.900 bits per heavy atom. The average molecular weight is 411 g/mol. The first-order valence-electron chi connectivity index (χ1n) is 10.0. The van der Waals surface area contributed by atoms with Gasteiger partial charge in [-0.15, -0.1) is 0 Å². The van der Waals surface area contributed by atoms with Crippen LogP contribution in [0.15, 0.2) is 54.6 Å². The van der Waals surface area contributed by atoms with Crippen LogP contribution in [0.4, 0.5) is 4.39 Å². The van der Waals surface area contributed by atoms with Gasteiger partial charge in [-0.05, 0) is 23.3 Å². The van der Waals surface area contributed by atoms with Gasteiger partial charge in [-0.2, -0.15) is 0 Å². The number of halogens is 1. The first-order valence-corrected chi connectivity index (χ1v) is 10.0. The van der Waals surface area contributed by atoms with Gasteiger partial charge in [0.15, 0.2) is 0 Å². The third-order valence-electron chi connectivity index (χ3n) is 5.21. The number of amides is 3. The van der Waals surface area contributed by atoms with Crippen LogP contribution in [0.5, 0.6) is 0 Å². The molecule has 1 unspecified atom stereocenters. The smallest absolute Gasteiger partial charge is 0.227 e. The first-order chi connectivity index (χ1) is 14.4. The second kappa shape index (κ2) is 10.0. The normalized spacial score (nSPS) is 14.9. The molecule has 1 heterocycles. The van der Waals surface area contributed by atoms with Crippen molar-refractivity contribution < 1.29 is 18.8 Å². The number of rotatable bonds is 6. The van der Waals surface area contributed by atoms with Crippen molar-refractivity contribution in [3.8, 4) is 0 Å². The number of nitrogens with one attached hydrogen (secondary N) is 1. The molecule has 0 bridgehead atoms.